The van der Waals surface area contributed by atoms with Crippen molar-refractivity contribution in [3.05, 3.63) is 59.7 Å². The van der Waals surface area contributed by atoms with Crippen LogP contribution in [0.15, 0.2) is 53.5 Å². The molecule has 2 aliphatic rings. The number of hydrogen-bond acceptors (Lipinski definition) is 5. The summed E-state index contributed by atoms with van der Waals surface area (Å²) in [5.74, 6) is 1.29. The van der Waals surface area contributed by atoms with Gasteiger partial charge in [0.1, 0.15) is 5.75 Å². The predicted molar refractivity (Wildman–Crippen MR) is 171 cm³/mol. The van der Waals surface area contributed by atoms with Crippen LogP contribution in [0.1, 0.15) is 127 Å². The zero-order valence-electron chi connectivity index (χ0n) is 25.2. The molecule has 0 radical (unpaired) electrons. The number of aryl methyl sites for hydroxylation is 1. The Morgan fingerprint density at radius 2 is 1.44 bits per heavy atom. The standard InChI is InChI=1S/C34H51N3O3S/c1-2-3-4-5-6-7-8-9-10-12-16-29-19-25-33(26-20-29)40-41(38,39)37-28-15-27-35-34(37)36-32-23-21-31(22-24-32)30-17-13-11-14-18-30/h19-26,30H,2-18,27-28H2,1H3,(H,35,36). The van der Waals surface area contributed by atoms with Gasteiger partial charge in [-0.05, 0) is 73.4 Å². The van der Waals surface area contributed by atoms with Crippen LogP contribution in [0.3, 0.4) is 0 Å². The van der Waals surface area contributed by atoms with Crippen LogP contribution in [0.5, 0.6) is 5.75 Å². The van der Waals surface area contributed by atoms with Gasteiger partial charge in [0, 0.05) is 18.8 Å². The van der Waals surface area contributed by atoms with E-state index in [2.05, 4.69) is 29.4 Å². The van der Waals surface area contributed by atoms with E-state index in [1.807, 2.05) is 24.3 Å². The highest BCUT2D eigenvalue weighted by Gasteiger charge is 2.30. The zero-order valence-corrected chi connectivity index (χ0v) is 26.0. The maximum atomic E-state index is 13.3. The first-order valence-electron chi connectivity index (χ1n) is 16.3. The average molecular weight is 582 g/mol. The maximum absolute atomic E-state index is 13.3. The highest BCUT2D eigenvalue weighted by atomic mass is 32.2. The van der Waals surface area contributed by atoms with Gasteiger partial charge < -0.3 is 9.50 Å². The van der Waals surface area contributed by atoms with E-state index in [1.54, 1.807) is 12.1 Å². The molecule has 2 aromatic carbocycles. The van der Waals surface area contributed by atoms with E-state index in [9.17, 15) is 8.42 Å². The molecule has 0 aromatic heterocycles. The molecule has 1 saturated carbocycles. The molecule has 41 heavy (non-hydrogen) atoms. The van der Waals surface area contributed by atoms with Gasteiger partial charge in [0.05, 0.1) is 0 Å². The summed E-state index contributed by atoms with van der Waals surface area (Å²) >= 11 is 0. The van der Waals surface area contributed by atoms with E-state index >= 15 is 0 Å². The van der Waals surface area contributed by atoms with Crippen molar-refractivity contribution >= 4 is 22.0 Å². The van der Waals surface area contributed by atoms with E-state index in [1.165, 1.54) is 105 Å². The van der Waals surface area contributed by atoms with E-state index in [0.29, 0.717) is 37.1 Å². The third-order valence-corrected chi connectivity index (χ3v) is 9.77. The fourth-order valence-corrected chi connectivity index (χ4v) is 7.11. The second kappa shape index (κ2) is 16.8. The van der Waals surface area contributed by atoms with Crippen molar-refractivity contribution in [3.63, 3.8) is 0 Å². The molecule has 0 bridgehead atoms. The van der Waals surface area contributed by atoms with Crippen LogP contribution >= 0.6 is 0 Å². The Hall–Kier alpha value is -2.54. The van der Waals surface area contributed by atoms with Crippen molar-refractivity contribution in [1.29, 1.82) is 0 Å². The molecule has 0 spiro atoms. The topological polar surface area (TPSA) is 71.0 Å². The Morgan fingerprint density at radius 1 is 0.805 bits per heavy atom. The van der Waals surface area contributed by atoms with E-state index in [4.69, 9.17) is 4.18 Å². The summed E-state index contributed by atoms with van der Waals surface area (Å²) in [5, 5.41) is 3.23. The Kier molecular flexibility index (Phi) is 12.9. The largest absolute Gasteiger partial charge is 0.412 e. The highest BCUT2D eigenvalue weighted by Crippen LogP contribution is 2.33. The fraction of sp³-hybridized carbons (Fsp3) is 0.618. The molecule has 1 aliphatic heterocycles. The summed E-state index contributed by atoms with van der Waals surface area (Å²) in [7, 11) is -4.04. The molecule has 1 fully saturated rings. The number of guanidine groups is 1. The molecule has 1 heterocycles. The van der Waals surface area contributed by atoms with Crippen LogP contribution < -0.4 is 9.50 Å². The molecule has 1 aliphatic carbocycles. The van der Waals surface area contributed by atoms with Crippen molar-refractivity contribution in [3.8, 4) is 5.75 Å². The molecule has 6 nitrogen and oxygen atoms in total. The van der Waals surface area contributed by atoms with Gasteiger partial charge in [-0.1, -0.05) is 108 Å². The second-order valence-electron chi connectivity index (χ2n) is 11.8. The van der Waals surface area contributed by atoms with Crippen molar-refractivity contribution < 1.29 is 12.6 Å². The summed E-state index contributed by atoms with van der Waals surface area (Å²) in [6.07, 6.45) is 21.3. The zero-order chi connectivity index (χ0) is 28.8. The minimum absolute atomic E-state index is 0.319. The van der Waals surface area contributed by atoms with Gasteiger partial charge in [-0.2, -0.15) is 8.42 Å². The van der Waals surface area contributed by atoms with Crippen LogP contribution in [0.2, 0.25) is 0 Å². The van der Waals surface area contributed by atoms with Crippen LogP contribution in [0, 0.1) is 0 Å². The number of anilines is 1. The lowest BCUT2D eigenvalue weighted by atomic mass is 9.84. The monoisotopic (exact) mass is 581 g/mol. The number of benzene rings is 2. The molecular weight excluding hydrogens is 530 g/mol. The molecule has 0 atom stereocenters. The molecule has 2 aromatic rings. The van der Waals surface area contributed by atoms with E-state index in [-0.39, 0.29) is 0 Å². The van der Waals surface area contributed by atoms with Crippen molar-refractivity contribution in [2.45, 2.75) is 122 Å². The summed E-state index contributed by atoms with van der Waals surface area (Å²) in [6.45, 7) is 3.19. The summed E-state index contributed by atoms with van der Waals surface area (Å²) in [5.41, 5.74) is 3.42. The van der Waals surface area contributed by atoms with Crippen molar-refractivity contribution in [2.75, 3.05) is 18.4 Å². The van der Waals surface area contributed by atoms with Gasteiger partial charge in [-0.3, -0.25) is 4.99 Å². The molecular formula is C34H51N3O3S. The smallest absolute Gasteiger partial charge is 0.367 e. The van der Waals surface area contributed by atoms with Gasteiger partial charge in [-0.15, -0.1) is 0 Å². The first-order valence-corrected chi connectivity index (χ1v) is 17.6. The Balaban J connectivity index is 1.22. The lowest BCUT2D eigenvalue weighted by molar-refractivity contribution is 0.415. The Bertz CT molecular complexity index is 1160. The number of nitrogens with zero attached hydrogens (tertiary/aromatic N) is 2. The minimum atomic E-state index is -4.04. The molecule has 1 N–H and O–H groups in total. The van der Waals surface area contributed by atoms with E-state index in [0.717, 1.165) is 18.5 Å². The van der Waals surface area contributed by atoms with Crippen LogP contribution in [0.4, 0.5) is 5.69 Å². The lowest BCUT2D eigenvalue weighted by Crippen LogP contribution is -2.46. The number of nitrogens with one attached hydrogen (secondary N) is 1. The lowest BCUT2D eigenvalue weighted by Gasteiger charge is -2.28. The molecule has 4 rings (SSSR count). The van der Waals surface area contributed by atoms with Gasteiger partial charge in [0.2, 0.25) is 5.96 Å². The first kappa shape index (κ1) is 31.4. The number of aliphatic imine (C=N–C) groups is 1. The predicted octanol–water partition coefficient (Wildman–Crippen LogP) is 9.00. The Morgan fingerprint density at radius 3 is 2.10 bits per heavy atom. The quantitative estimate of drug-likeness (QED) is 0.201. The number of hydrogen-bond donors (Lipinski definition) is 1. The maximum Gasteiger partial charge on any atom is 0.412 e. The highest BCUT2D eigenvalue weighted by molar-refractivity contribution is 7.85. The second-order valence-corrected chi connectivity index (χ2v) is 13.3. The number of unbranched alkanes of at least 4 members (excludes halogenated alkanes) is 9. The molecule has 0 unspecified atom stereocenters. The van der Waals surface area contributed by atoms with Gasteiger partial charge in [0.15, 0.2) is 0 Å². The minimum Gasteiger partial charge on any atom is -0.367 e. The summed E-state index contributed by atoms with van der Waals surface area (Å²) in [4.78, 5) is 4.49. The van der Waals surface area contributed by atoms with Gasteiger partial charge in [-0.25, -0.2) is 4.31 Å². The normalized spacial score (nSPS) is 16.4. The third kappa shape index (κ3) is 10.4. The molecule has 0 saturated heterocycles. The SMILES string of the molecule is CCCCCCCCCCCCc1ccc(OS(=O)(=O)N2CCCN=C2Nc2ccc(C3CCCCC3)cc2)cc1. The molecule has 226 valence electrons. The van der Waals surface area contributed by atoms with Crippen LogP contribution in [-0.4, -0.2) is 31.8 Å². The molecule has 7 heteroatoms. The van der Waals surface area contributed by atoms with Crippen LogP contribution in [0.25, 0.3) is 0 Å². The van der Waals surface area contributed by atoms with Crippen molar-refractivity contribution in [1.82, 2.24) is 4.31 Å². The fourth-order valence-electron chi connectivity index (χ4n) is 6.00. The average Bonchev–Trinajstić information content (AvgIpc) is 3.00. The summed E-state index contributed by atoms with van der Waals surface area (Å²) < 4.78 is 33.3. The molecule has 0 amide bonds. The summed E-state index contributed by atoms with van der Waals surface area (Å²) in [6, 6.07) is 15.9. The van der Waals surface area contributed by atoms with Crippen LogP contribution in [-0.2, 0) is 16.7 Å². The van der Waals surface area contributed by atoms with Crippen molar-refractivity contribution in [2.24, 2.45) is 4.99 Å². The Labute approximate surface area is 249 Å². The van der Waals surface area contributed by atoms with E-state index < -0.39 is 10.3 Å². The first-order chi connectivity index (χ1) is 20.0. The third-order valence-electron chi connectivity index (χ3n) is 8.47. The van der Waals surface area contributed by atoms with Gasteiger partial charge >= 0.3 is 10.3 Å². The van der Waals surface area contributed by atoms with Gasteiger partial charge in [0.25, 0.3) is 0 Å². The number of rotatable bonds is 16.